The average molecular weight is 193 g/mol. The zero-order valence-corrected chi connectivity index (χ0v) is 7.86. The first kappa shape index (κ1) is 10.3. The highest BCUT2D eigenvalue weighted by molar-refractivity contribution is 5.98. The number of nitrogens with one attached hydrogen (secondary N) is 1. The van der Waals surface area contributed by atoms with Crippen LogP contribution in [-0.2, 0) is 16.1 Å². The Labute approximate surface area is 81.8 Å². The van der Waals surface area contributed by atoms with E-state index in [4.69, 9.17) is 4.74 Å². The first-order valence-corrected chi connectivity index (χ1v) is 4.00. The van der Waals surface area contributed by atoms with Gasteiger partial charge in [-0.2, -0.15) is 0 Å². The lowest BCUT2D eigenvalue weighted by Crippen LogP contribution is -2.10. The number of methoxy groups -OCH3 is 1. The topological polar surface area (TPSA) is 64.1 Å². The summed E-state index contributed by atoms with van der Waals surface area (Å²) in [5.41, 5.74) is 0. The van der Waals surface area contributed by atoms with E-state index in [0.717, 1.165) is 0 Å². The Kier molecular flexibility index (Phi) is 3.75. The molecule has 5 nitrogen and oxygen atoms in total. The van der Waals surface area contributed by atoms with Crippen LogP contribution in [0.2, 0.25) is 0 Å². The SMILES string of the molecule is C=CC(=O)Nc1ccnc(COC)n1. The van der Waals surface area contributed by atoms with Crippen molar-refractivity contribution in [3.05, 3.63) is 30.7 Å². The second kappa shape index (κ2) is 5.08. The van der Waals surface area contributed by atoms with Crippen molar-refractivity contribution in [2.24, 2.45) is 0 Å². The average Bonchev–Trinajstić information content (AvgIpc) is 2.19. The Hall–Kier alpha value is -1.75. The monoisotopic (exact) mass is 193 g/mol. The summed E-state index contributed by atoms with van der Waals surface area (Å²) in [4.78, 5) is 18.9. The summed E-state index contributed by atoms with van der Waals surface area (Å²) in [5, 5.41) is 2.53. The second-order valence-electron chi connectivity index (χ2n) is 2.48. The van der Waals surface area contributed by atoms with Crippen LogP contribution in [0.5, 0.6) is 0 Å². The fraction of sp³-hybridized carbons (Fsp3) is 0.222. The maximum Gasteiger partial charge on any atom is 0.248 e. The molecule has 0 unspecified atom stereocenters. The van der Waals surface area contributed by atoms with Gasteiger partial charge in [0.1, 0.15) is 12.4 Å². The molecule has 14 heavy (non-hydrogen) atoms. The Balaban J connectivity index is 2.72. The quantitative estimate of drug-likeness (QED) is 0.716. The molecule has 0 saturated carbocycles. The predicted molar refractivity (Wildman–Crippen MR) is 51.6 cm³/mol. The number of carbonyl (C=O) groups is 1. The molecule has 0 saturated heterocycles. The number of ether oxygens (including phenoxy) is 1. The number of carbonyl (C=O) groups excluding carboxylic acids is 1. The molecule has 1 rings (SSSR count). The number of hydrogen-bond donors (Lipinski definition) is 1. The number of amides is 1. The van der Waals surface area contributed by atoms with Gasteiger partial charge in [-0.1, -0.05) is 6.58 Å². The maximum absolute atomic E-state index is 10.9. The van der Waals surface area contributed by atoms with E-state index < -0.39 is 0 Å². The van der Waals surface area contributed by atoms with Gasteiger partial charge in [0.05, 0.1) is 0 Å². The van der Waals surface area contributed by atoms with Crippen molar-refractivity contribution in [3.8, 4) is 0 Å². The molecule has 0 bridgehead atoms. The van der Waals surface area contributed by atoms with Gasteiger partial charge in [-0.3, -0.25) is 4.79 Å². The molecule has 1 heterocycles. The summed E-state index contributed by atoms with van der Waals surface area (Å²) in [6, 6.07) is 1.60. The number of rotatable bonds is 4. The first-order chi connectivity index (χ1) is 6.76. The third-order valence-electron chi connectivity index (χ3n) is 1.42. The fourth-order valence-corrected chi connectivity index (χ4v) is 0.845. The van der Waals surface area contributed by atoms with E-state index in [1.807, 2.05) is 0 Å². The van der Waals surface area contributed by atoms with Crippen molar-refractivity contribution < 1.29 is 9.53 Å². The molecule has 1 N–H and O–H groups in total. The highest BCUT2D eigenvalue weighted by atomic mass is 16.5. The molecule has 0 aliphatic rings. The zero-order chi connectivity index (χ0) is 10.4. The molecule has 74 valence electrons. The van der Waals surface area contributed by atoms with Crippen LogP contribution in [0.25, 0.3) is 0 Å². The fourth-order valence-electron chi connectivity index (χ4n) is 0.845. The molecule has 1 aromatic heterocycles. The summed E-state index contributed by atoms with van der Waals surface area (Å²) in [6.45, 7) is 3.65. The van der Waals surface area contributed by atoms with E-state index in [-0.39, 0.29) is 5.91 Å². The zero-order valence-electron chi connectivity index (χ0n) is 7.86. The van der Waals surface area contributed by atoms with Crippen molar-refractivity contribution >= 4 is 11.7 Å². The van der Waals surface area contributed by atoms with Crippen LogP contribution < -0.4 is 5.32 Å². The molecule has 1 aromatic rings. The van der Waals surface area contributed by atoms with Crippen LogP contribution in [0.15, 0.2) is 24.9 Å². The summed E-state index contributed by atoms with van der Waals surface area (Å²) in [5.74, 6) is 0.665. The van der Waals surface area contributed by atoms with Crippen molar-refractivity contribution in [3.63, 3.8) is 0 Å². The summed E-state index contributed by atoms with van der Waals surface area (Å²) in [6.07, 6.45) is 2.73. The highest BCUT2D eigenvalue weighted by Gasteiger charge is 2.00. The lowest BCUT2D eigenvalue weighted by Gasteiger charge is -2.02. The molecular formula is C9H11N3O2. The standard InChI is InChI=1S/C9H11N3O2/c1-3-9(13)12-7-4-5-10-8(11-7)6-14-2/h3-5H,1,6H2,2H3,(H,10,11,12,13). The minimum atomic E-state index is -0.299. The van der Waals surface area contributed by atoms with Crippen LogP contribution in [0, 0.1) is 0 Å². The van der Waals surface area contributed by atoms with Crippen LogP contribution in [0.3, 0.4) is 0 Å². The van der Waals surface area contributed by atoms with Crippen molar-refractivity contribution in [1.82, 2.24) is 9.97 Å². The van der Waals surface area contributed by atoms with Gasteiger partial charge in [0.2, 0.25) is 5.91 Å². The van der Waals surface area contributed by atoms with Gasteiger partial charge >= 0.3 is 0 Å². The summed E-state index contributed by atoms with van der Waals surface area (Å²) >= 11 is 0. The van der Waals surface area contributed by atoms with Gasteiger partial charge in [0.15, 0.2) is 5.82 Å². The summed E-state index contributed by atoms with van der Waals surface area (Å²) < 4.78 is 4.86. The molecule has 5 heteroatoms. The molecule has 0 atom stereocenters. The number of hydrogen-bond acceptors (Lipinski definition) is 4. The number of nitrogens with zero attached hydrogens (tertiary/aromatic N) is 2. The van der Waals surface area contributed by atoms with Crippen LogP contribution in [-0.4, -0.2) is 23.0 Å². The van der Waals surface area contributed by atoms with Gasteiger partial charge < -0.3 is 10.1 Å². The predicted octanol–water partition coefficient (Wildman–Crippen LogP) is 0.747. The molecular weight excluding hydrogens is 182 g/mol. The molecule has 0 aliphatic carbocycles. The van der Waals surface area contributed by atoms with Crippen molar-refractivity contribution in [2.75, 3.05) is 12.4 Å². The molecule has 0 aromatic carbocycles. The lowest BCUT2D eigenvalue weighted by molar-refractivity contribution is -0.111. The number of aromatic nitrogens is 2. The van der Waals surface area contributed by atoms with E-state index >= 15 is 0 Å². The molecule has 1 amide bonds. The van der Waals surface area contributed by atoms with Gasteiger partial charge in [-0.15, -0.1) is 0 Å². The van der Waals surface area contributed by atoms with E-state index in [1.165, 1.54) is 6.08 Å². The first-order valence-electron chi connectivity index (χ1n) is 4.00. The Bertz CT molecular complexity index is 339. The van der Waals surface area contributed by atoms with E-state index in [9.17, 15) is 4.79 Å². The highest BCUT2D eigenvalue weighted by Crippen LogP contribution is 2.02. The molecule has 0 spiro atoms. The lowest BCUT2D eigenvalue weighted by atomic mass is 10.5. The minimum Gasteiger partial charge on any atom is -0.377 e. The normalized spacial score (nSPS) is 9.50. The number of anilines is 1. The maximum atomic E-state index is 10.9. The summed E-state index contributed by atoms with van der Waals surface area (Å²) in [7, 11) is 1.55. The molecule has 0 fully saturated rings. The third-order valence-corrected chi connectivity index (χ3v) is 1.42. The van der Waals surface area contributed by atoms with Crippen LogP contribution in [0.1, 0.15) is 5.82 Å². The van der Waals surface area contributed by atoms with Crippen LogP contribution >= 0.6 is 0 Å². The smallest absolute Gasteiger partial charge is 0.248 e. The van der Waals surface area contributed by atoms with E-state index in [0.29, 0.717) is 18.2 Å². The Morgan fingerprint density at radius 2 is 2.57 bits per heavy atom. The van der Waals surface area contributed by atoms with Gasteiger partial charge in [0, 0.05) is 13.3 Å². The van der Waals surface area contributed by atoms with E-state index in [2.05, 4.69) is 21.9 Å². The van der Waals surface area contributed by atoms with Crippen LogP contribution in [0.4, 0.5) is 5.82 Å². The van der Waals surface area contributed by atoms with Crippen molar-refractivity contribution in [2.45, 2.75) is 6.61 Å². The molecule has 0 radical (unpaired) electrons. The Morgan fingerprint density at radius 3 is 3.21 bits per heavy atom. The third kappa shape index (κ3) is 2.95. The second-order valence-corrected chi connectivity index (χ2v) is 2.48. The van der Waals surface area contributed by atoms with Gasteiger partial charge in [-0.25, -0.2) is 9.97 Å². The Morgan fingerprint density at radius 1 is 1.79 bits per heavy atom. The molecule has 0 aliphatic heterocycles. The van der Waals surface area contributed by atoms with E-state index in [1.54, 1.807) is 19.4 Å². The van der Waals surface area contributed by atoms with Crippen molar-refractivity contribution in [1.29, 1.82) is 0 Å². The van der Waals surface area contributed by atoms with Gasteiger partial charge in [0.25, 0.3) is 0 Å². The largest absolute Gasteiger partial charge is 0.377 e. The van der Waals surface area contributed by atoms with Gasteiger partial charge in [-0.05, 0) is 12.1 Å². The minimum absolute atomic E-state index is 0.299.